The van der Waals surface area contributed by atoms with E-state index in [4.69, 9.17) is 9.47 Å². The Morgan fingerprint density at radius 1 is 1.14 bits per heavy atom. The third-order valence-electron chi connectivity index (χ3n) is 5.72. The maximum absolute atomic E-state index is 13.4. The highest BCUT2D eigenvalue weighted by Gasteiger charge is 2.34. The molecular formula is C25H30N4O5S2. The van der Waals surface area contributed by atoms with Gasteiger partial charge in [0.1, 0.15) is 16.0 Å². The van der Waals surface area contributed by atoms with E-state index in [2.05, 4.69) is 15.6 Å². The Balaban J connectivity index is 1.57. The molecular weight excluding hydrogens is 500 g/mol. The van der Waals surface area contributed by atoms with Gasteiger partial charge in [0, 0.05) is 38.9 Å². The first-order valence-corrected chi connectivity index (χ1v) is 13.8. The number of likely N-dealkylation sites (N-methyl/N-ethyl adjacent to an activating group) is 1. The van der Waals surface area contributed by atoms with Gasteiger partial charge in [-0.1, -0.05) is 18.2 Å². The molecule has 9 nitrogen and oxygen atoms in total. The molecule has 1 aliphatic rings. The van der Waals surface area contributed by atoms with Crippen molar-refractivity contribution in [1.29, 1.82) is 0 Å². The molecule has 1 fully saturated rings. The number of benzene rings is 2. The Bertz CT molecular complexity index is 1220. The van der Waals surface area contributed by atoms with E-state index >= 15 is 0 Å². The number of hydrogen-bond donors (Lipinski definition) is 2. The topological polar surface area (TPSA) is 110 Å². The van der Waals surface area contributed by atoms with Gasteiger partial charge in [0.25, 0.3) is 5.91 Å². The number of carbonyl (C=O) groups excluding carboxylic acids is 2. The van der Waals surface area contributed by atoms with Gasteiger partial charge in [-0.3, -0.25) is 9.59 Å². The maximum Gasteiger partial charge on any atom is 0.251 e. The second kappa shape index (κ2) is 12.5. The molecule has 36 heavy (non-hydrogen) atoms. The van der Waals surface area contributed by atoms with Crippen LogP contribution in [0.5, 0.6) is 0 Å². The molecule has 2 aromatic carbocycles. The van der Waals surface area contributed by atoms with Crippen molar-refractivity contribution in [2.24, 2.45) is 0 Å². The Labute approximate surface area is 216 Å². The summed E-state index contributed by atoms with van der Waals surface area (Å²) in [5.41, 5.74) is 3.25. The van der Waals surface area contributed by atoms with Gasteiger partial charge in [0.15, 0.2) is 5.25 Å². The summed E-state index contributed by atoms with van der Waals surface area (Å²) >= 11 is 1.38. The molecule has 0 aliphatic carbocycles. The largest absolute Gasteiger partial charge is 0.383 e. The molecule has 1 aliphatic heterocycles. The highest BCUT2D eigenvalue weighted by atomic mass is 32.2. The van der Waals surface area contributed by atoms with E-state index in [-0.39, 0.29) is 11.8 Å². The Morgan fingerprint density at radius 3 is 2.56 bits per heavy atom. The number of amides is 2. The number of fused-ring (bicyclic) bond motifs is 1. The summed E-state index contributed by atoms with van der Waals surface area (Å²) < 4.78 is 26.4. The third-order valence-corrected chi connectivity index (χ3v) is 8.66. The second-order valence-electron chi connectivity index (χ2n) is 8.15. The van der Waals surface area contributed by atoms with Gasteiger partial charge in [-0.2, -0.15) is 0 Å². The standard InChI is InChI=1S/C25H30N4O5S2/c1-3-26-24(31)22(36(32)29-11-14-34-15-12-29)25-28-20-9-8-19(16-21(20)35-25)17-4-6-18(7-5-17)23(30)27-10-13-33-2/h4-9,16,22H,3,10-15H2,1-2H3,(H,26,31)(H,27,30). The third kappa shape index (κ3) is 6.16. The lowest BCUT2D eigenvalue weighted by molar-refractivity contribution is -0.120. The SMILES string of the molecule is CCNC(=O)C(c1nc2ccc(-c3ccc(C(=O)NCCOC)cc3)cc2s1)S(=O)N1CCOCC1. The first-order valence-electron chi connectivity index (χ1n) is 11.8. The van der Waals surface area contributed by atoms with Crippen LogP contribution in [0.3, 0.4) is 0 Å². The zero-order chi connectivity index (χ0) is 25.5. The first-order chi connectivity index (χ1) is 17.5. The molecule has 2 amide bonds. The van der Waals surface area contributed by atoms with Crippen molar-refractivity contribution in [2.75, 3.05) is 53.1 Å². The van der Waals surface area contributed by atoms with Crippen molar-refractivity contribution in [3.05, 3.63) is 53.0 Å². The van der Waals surface area contributed by atoms with Crippen LogP contribution in [0.4, 0.5) is 0 Å². The minimum Gasteiger partial charge on any atom is -0.383 e. The molecule has 1 aromatic heterocycles. The molecule has 3 aromatic rings. The van der Waals surface area contributed by atoms with E-state index in [1.165, 1.54) is 11.3 Å². The Kier molecular flexibility index (Phi) is 9.16. The quantitative estimate of drug-likeness (QED) is 0.390. The van der Waals surface area contributed by atoms with Crippen LogP contribution in [-0.2, 0) is 25.3 Å². The van der Waals surface area contributed by atoms with Crippen LogP contribution in [0.25, 0.3) is 21.3 Å². The van der Waals surface area contributed by atoms with Crippen molar-refractivity contribution in [3.8, 4) is 11.1 Å². The van der Waals surface area contributed by atoms with Crippen LogP contribution in [-0.4, -0.2) is 78.4 Å². The fraction of sp³-hybridized carbons (Fsp3) is 0.400. The van der Waals surface area contributed by atoms with Crippen molar-refractivity contribution >= 4 is 44.4 Å². The van der Waals surface area contributed by atoms with Crippen LogP contribution < -0.4 is 10.6 Å². The molecule has 0 radical (unpaired) electrons. The molecule has 192 valence electrons. The van der Waals surface area contributed by atoms with Crippen LogP contribution >= 0.6 is 11.3 Å². The van der Waals surface area contributed by atoms with Crippen molar-refractivity contribution in [3.63, 3.8) is 0 Å². The van der Waals surface area contributed by atoms with E-state index in [0.717, 1.165) is 21.3 Å². The van der Waals surface area contributed by atoms with Crippen molar-refractivity contribution < 1.29 is 23.3 Å². The predicted octanol–water partition coefficient (Wildman–Crippen LogP) is 2.51. The lowest BCUT2D eigenvalue weighted by Gasteiger charge is -2.28. The number of nitrogens with one attached hydrogen (secondary N) is 2. The van der Waals surface area contributed by atoms with E-state index in [1.807, 2.05) is 37.3 Å². The number of carbonyl (C=O) groups is 2. The van der Waals surface area contributed by atoms with E-state index < -0.39 is 16.2 Å². The zero-order valence-electron chi connectivity index (χ0n) is 20.3. The van der Waals surface area contributed by atoms with Gasteiger partial charge in [-0.05, 0) is 42.3 Å². The molecule has 0 spiro atoms. The smallest absolute Gasteiger partial charge is 0.251 e. The summed E-state index contributed by atoms with van der Waals surface area (Å²) in [6.45, 7) is 5.21. The van der Waals surface area contributed by atoms with E-state index in [0.29, 0.717) is 56.6 Å². The molecule has 1 saturated heterocycles. The molecule has 2 N–H and O–H groups in total. The zero-order valence-corrected chi connectivity index (χ0v) is 22.0. The normalized spacial score (nSPS) is 15.9. The monoisotopic (exact) mass is 530 g/mol. The van der Waals surface area contributed by atoms with E-state index in [1.54, 1.807) is 23.5 Å². The number of morpholine rings is 1. The average molecular weight is 531 g/mol. The van der Waals surface area contributed by atoms with Crippen LogP contribution in [0.2, 0.25) is 0 Å². The number of methoxy groups -OCH3 is 1. The minimum absolute atomic E-state index is 0.147. The number of nitrogens with zero attached hydrogens (tertiary/aromatic N) is 2. The van der Waals surface area contributed by atoms with Crippen LogP contribution in [0, 0.1) is 0 Å². The molecule has 2 atom stereocenters. The van der Waals surface area contributed by atoms with Gasteiger partial charge < -0.3 is 20.1 Å². The van der Waals surface area contributed by atoms with Gasteiger partial charge in [0.2, 0.25) is 5.91 Å². The summed E-state index contributed by atoms with van der Waals surface area (Å²) in [7, 11) is 0.0288. The number of rotatable bonds is 10. The van der Waals surface area contributed by atoms with Gasteiger partial charge >= 0.3 is 0 Å². The second-order valence-corrected chi connectivity index (χ2v) is 10.8. The first kappa shape index (κ1) is 26.4. The molecule has 11 heteroatoms. The summed E-state index contributed by atoms with van der Waals surface area (Å²) in [5.74, 6) is -0.438. The van der Waals surface area contributed by atoms with Gasteiger partial charge in [0.05, 0.1) is 30.0 Å². The highest BCUT2D eigenvalue weighted by molar-refractivity contribution is 7.83. The van der Waals surface area contributed by atoms with Gasteiger partial charge in [-0.15, -0.1) is 11.3 Å². The van der Waals surface area contributed by atoms with Gasteiger partial charge in [-0.25, -0.2) is 13.5 Å². The summed E-state index contributed by atoms with van der Waals surface area (Å²) in [6.07, 6.45) is 0. The Morgan fingerprint density at radius 2 is 1.86 bits per heavy atom. The molecule has 2 heterocycles. The summed E-state index contributed by atoms with van der Waals surface area (Å²) in [5, 5.41) is 5.28. The van der Waals surface area contributed by atoms with Crippen LogP contribution in [0.15, 0.2) is 42.5 Å². The highest BCUT2D eigenvalue weighted by Crippen LogP contribution is 2.34. The minimum atomic E-state index is -1.56. The fourth-order valence-electron chi connectivity index (χ4n) is 3.85. The summed E-state index contributed by atoms with van der Waals surface area (Å²) in [6, 6.07) is 13.3. The van der Waals surface area contributed by atoms with Crippen molar-refractivity contribution in [2.45, 2.75) is 12.2 Å². The Hall–Kier alpha value is -2.70. The molecule has 0 saturated carbocycles. The maximum atomic E-state index is 13.4. The lowest BCUT2D eigenvalue weighted by Crippen LogP contribution is -2.43. The number of hydrogen-bond acceptors (Lipinski definition) is 7. The van der Waals surface area contributed by atoms with Crippen LogP contribution in [0.1, 0.15) is 27.5 Å². The molecule has 4 rings (SSSR count). The lowest BCUT2D eigenvalue weighted by atomic mass is 10.0. The number of ether oxygens (including phenoxy) is 2. The summed E-state index contributed by atoms with van der Waals surface area (Å²) in [4.78, 5) is 29.8. The number of thiazole rings is 1. The average Bonchev–Trinajstić information content (AvgIpc) is 3.32. The van der Waals surface area contributed by atoms with E-state index in [9.17, 15) is 13.8 Å². The number of aromatic nitrogens is 1. The molecule has 0 bridgehead atoms. The fourth-order valence-corrected chi connectivity index (χ4v) is 6.53. The predicted molar refractivity (Wildman–Crippen MR) is 141 cm³/mol. The van der Waals surface area contributed by atoms with Crippen molar-refractivity contribution in [1.82, 2.24) is 19.9 Å². The molecule has 2 unspecified atom stereocenters.